The van der Waals surface area contributed by atoms with Gasteiger partial charge in [-0.05, 0) is 48.2 Å². The first-order chi connectivity index (χ1) is 23.6. The number of halogens is 8. The van der Waals surface area contributed by atoms with Gasteiger partial charge in [-0.2, -0.15) is 38.5 Å². The first kappa shape index (κ1) is 40.7. The van der Waals surface area contributed by atoms with Crippen LogP contribution in [-0.2, 0) is 39.7 Å². The number of hydrogen-bond donors (Lipinski definition) is 0. The van der Waals surface area contributed by atoms with Crippen LogP contribution < -0.4 is 0 Å². The number of benzene rings is 4. The SMILES string of the molecule is CCCc1cc2c(-c3ccc(C(F)(F)F)cc3)cccc2[cH-]1.CCCc1cc2c(-c3ccc(C(F)(F)F)cc3)cccc2[cH-]1.[CH3][Sn]([CH3])=[Zr]([Cl])[Cl]. The van der Waals surface area contributed by atoms with Crippen molar-refractivity contribution in [3.63, 3.8) is 0 Å². The van der Waals surface area contributed by atoms with Crippen molar-refractivity contribution in [2.75, 3.05) is 0 Å². The average Bonchev–Trinajstić information content (AvgIpc) is 3.68. The third-order valence-electron chi connectivity index (χ3n) is 8.12. The van der Waals surface area contributed by atoms with Gasteiger partial charge in [0.2, 0.25) is 0 Å². The quantitative estimate of drug-likeness (QED) is 0.0887. The third kappa shape index (κ3) is 11.0. The zero-order chi connectivity index (χ0) is 36.6. The van der Waals surface area contributed by atoms with Crippen LogP contribution in [-0.4, -0.2) is 14.6 Å². The first-order valence-corrected chi connectivity index (χ1v) is 38.0. The van der Waals surface area contributed by atoms with Crippen molar-refractivity contribution in [3.8, 4) is 22.3 Å². The van der Waals surface area contributed by atoms with Crippen LogP contribution in [0, 0.1) is 0 Å². The second-order valence-electron chi connectivity index (χ2n) is 12.3. The Morgan fingerprint density at radius 3 is 1.20 bits per heavy atom. The van der Waals surface area contributed by atoms with E-state index in [0.717, 1.165) is 93.7 Å². The molecule has 0 heterocycles. The zero-order valence-electron chi connectivity index (χ0n) is 28.2. The molecule has 264 valence electrons. The first-order valence-electron chi connectivity index (χ1n) is 16.3. The van der Waals surface area contributed by atoms with E-state index in [-0.39, 0.29) is 0 Å². The summed E-state index contributed by atoms with van der Waals surface area (Å²) in [6.07, 6.45) is -4.40. The molecule has 50 heavy (non-hydrogen) atoms. The summed E-state index contributed by atoms with van der Waals surface area (Å²) < 4.78 is 76.0. The standard InChI is InChI=1S/2C19H16F3.2CH3.2ClH.Sn.Zr/c2*1-2-4-13-11-15-5-3-6-17(18(15)12-13)14-7-9-16(10-8-14)19(20,21)22;;;;;;/h2*3,5-12H,2,4H2,1H3;2*1H3;2*1H;;/q2*-1;;;;;;+2/p-2. The van der Waals surface area contributed by atoms with Gasteiger partial charge in [0.25, 0.3) is 0 Å². The summed E-state index contributed by atoms with van der Waals surface area (Å²) in [5.41, 5.74) is 4.91. The Balaban J connectivity index is 0.000000194. The van der Waals surface area contributed by atoms with Crippen LogP contribution in [0.4, 0.5) is 26.3 Å². The van der Waals surface area contributed by atoms with Crippen molar-refractivity contribution in [2.45, 2.75) is 61.8 Å². The fraction of sp³-hybridized carbons (Fsp3) is 0.250. The molecule has 0 aromatic heterocycles. The van der Waals surface area contributed by atoms with Crippen LogP contribution in [0.15, 0.2) is 109 Å². The molecule has 10 heteroatoms. The molecule has 0 aliphatic heterocycles. The molecule has 6 aromatic rings. The molecule has 0 bridgehead atoms. The molecule has 0 unspecified atom stereocenters. The summed E-state index contributed by atoms with van der Waals surface area (Å²) in [5, 5.41) is 4.48. The maximum atomic E-state index is 12.7. The normalized spacial score (nSPS) is 11.5. The van der Waals surface area contributed by atoms with E-state index in [9.17, 15) is 26.3 Å². The van der Waals surface area contributed by atoms with Gasteiger partial charge in [0.15, 0.2) is 0 Å². The summed E-state index contributed by atoms with van der Waals surface area (Å²) >= 11 is -2.53. The Kier molecular flexibility index (Phi) is 14.8. The van der Waals surface area contributed by atoms with Crippen molar-refractivity contribution in [1.29, 1.82) is 0 Å². The fourth-order valence-corrected chi connectivity index (χ4v) is 5.64. The molecule has 0 spiro atoms. The number of fused-ring (bicyclic) bond motifs is 2. The van der Waals surface area contributed by atoms with Gasteiger partial charge in [-0.15, -0.1) is 69.1 Å². The van der Waals surface area contributed by atoms with Crippen LogP contribution in [0.2, 0.25) is 9.88 Å². The van der Waals surface area contributed by atoms with E-state index in [1.807, 2.05) is 36.4 Å². The van der Waals surface area contributed by atoms with Crippen molar-refractivity contribution in [1.82, 2.24) is 0 Å². The zero-order valence-corrected chi connectivity index (χ0v) is 35.1. The van der Waals surface area contributed by atoms with Crippen molar-refractivity contribution >= 4 is 53.1 Å². The summed E-state index contributed by atoms with van der Waals surface area (Å²) in [7, 11) is 11.3. The molecule has 0 nitrogen and oxygen atoms in total. The van der Waals surface area contributed by atoms with Gasteiger partial charge < -0.3 is 0 Å². The Morgan fingerprint density at radius 1 is 0.580 bits per heavy atom. The van der Waals surface area contributed by atoms with Gasteiger partial charge in [0, 0.05) is 0 Å². The van der Waals surface area contributed by atoms with Gasteiger partial charge in [0.05, 0.1) is 11.1 Å². The van der Waals surface area contributed by atoms with E-state index in [1.54, 1.807) is 24.3 Å². The van der Waals surface area contributed by atoms with Crippen LogP contribution >= 0.6 is 17.0 Å². The van der Waals surface area contributed by atoms with E-state index in [2.05, 4.69) is 48.0 Å². The van der Waals surface area contributed by atoms with Crippen molar-refractivity contribution in [3.05, 3.63) is 131 Å². The number of rotatable bonds is 6. The topological polar surface area (TPSA) is 0 Å². The van der Waals surface area contributed by atoms with E-state index in [1.165, 1.54) is 11.1 Å². The number of aryl methyl sites for hydroxylation is 2. The van der Waals surface area contributed by atoms with Gasteiger partial charge >= 0.3 is 68.4 Å². The molecule has 0 fully saturated rings. The summed E-state index contributed by atoms with van der Waals surface area (Å²) in [4.78, 5) is 4.52. The minimum absolute atomic E-state index is 0.613. The summed E-state index contributed by atoms with van der Waals surface area (Å²) in [5.74, 6) is 0. The van der Waals surface area contributed by atoms with Gasteiger partial charge in [-0.25, -0.2) is 0 Å². The Hall–Kier alpha value is -2.06. The average molecular weight is 914 g/mol. The molecule has 6 rings (SSSR count). The number of hydrogen-bond acceptors (Lipinski definition) is 0. The minimum atomic E-state index is -4.29. The fourth-order valence-electron chi connectivity index (χ4n) is 5.64. The number of alkyl halides is 6. The van der Waals surface area contributed by atoms with Crippen LogP contribution in [0.3, 0.4) is 0 Å². The predicted molar refractivity (Wildman–Crippen MR) is 197 cm³/mol. The van der Waals surface area contributed by atoms with E-state index in [0.29, 0.717) is 0 Å². The second kappa shape index (κ2) is 18.1. The molecule has 0 atom stereocenters. The van der Waals surface area contributed by atoms with Gasteiger partial charge in [-0.3, -0.25) is 0 Å². The van der Waals surface area contributed by atoms with E-state index < -0.39 is 52.6 Å². The van der Waals surface area contributed by atoms with Crippen LogP contribution in [0.1, 0.15) is 48.9 Å². The molecule has 0 amide bonds. The predicted octanol–water partition coefficient (Wildman–Crippen LogP) is 14.6. The summed E-state index contributed by atoms with van der Waals surface area (Å²) in [6.45, 7) is 4.27. The van der Waals surface area contributed by atoms with Crippen LogP contribution in [0.5, 0.6) is 0 Å². The van der Waals surface area contributed by atoms with E-state index >= 15 is 0 Å². The van der Waals surface area contributed by atoms with Gasteiger partial charge in [0.1, 0.15) is 0 Å². The molecule has 0 radical (unpaired) electrons. The Morgan fingerprint density at radius 2 is 0.920 bits per heavy atom. The Bertz CT molecular complexity index is 1880. The summed E-state index contributed by atoms with van der Waals surface area (Å²) in [6, 6.07) is 31.3. The van der Waals surface area contributed by atoms with Crippen LogP contribution in [0.25, 0.3) is 43.8 Å². The van der Waals surface area contributed by atoms with Crippen molar-refractivity contribution < 1.29 is 40.9 Å². The molecule has 0 aliphatic carbocycles. The molecule has 0 saturated heterocycles. The molecule has 0 N–H and O–H groups in total. The monoisotopic (exact) mass is 912 g/mol. The van der Waals surface area contributed by atoms with E-state index in [4.69, 9.17) is 17.0 Å². The van der Waals surface area contributed by atoms with Crippen molar-refractivity contribution in [2.24, 2.45) is 0 Å². The third-order valence-corrected chi connectivity index (χ3v) is 52.7. The Labute approximate surface area is 306 Å². The maximum absolute atomic E-state index is 12.7. The molecule has 0 aliphatic rings. The second-order valence-corrected chi connectivity index (χ2v) is 60.5. The molecular formula is C40H38Cl2F6SnZr-2. The molecule has 0 saturated carbocycles. The molecular weight excluding hydrogens is 875 g/mol. The molecule has 6 aromatic carbocycles. The van der Waals surface area contributed by atoms with Gasteiger partial charge in [-0.1, -0.05) is 74.2 Å².